The SMILES string of the molecule is C=CC12CCC(C(OC3CCCCO3)(C(F)(F)F)C(F)(F)F)(CC1)CO2. The fourth-order valence-electron chi connectivity index (χ4n) is 4.46. The lowest BCUT2D eigenvalue weighted by Crippen LogP contribution is -2.74. The number of halogens is 6. The van der Waals surface area contributed by atoms with Gasteiger partial charge in [-0.25, -0.2) is 0 Å². The van der Waals surface area contributed by atoms with Gasteiger partial charge < -0.3 is 14.2 Å². The van der Waals surface area contributed by atoms with Crippen LogP contribution in [0.1, 0.15) is 44.9 Å². The monoisotopic (exact) mass is 388 g/mol. The lowest BCUT2D eigenvalue weighted by molar-refractivity contribution is -0.457. The number of rotatable bonds is 4. The van der Waals surface area contributed by atoms with Crippen molar-refractivity contribution >= 4 is 0 Å². The fraction of sp³-hybridized carbons (Fsp3) is 0.882. The van der Waals surface area contributed by atoms with E-state index in [-0.39, 0.29) is 38.7 Å². The Morgan fingerprint density at radius 1 is 0.962 bits per heavy atom. The van der Waals surface area contributed by atoms with Crippen LogP contribution in [0.25, 0.3) is 0 Å². The number of alkyl halides is 6. The highest BCUT2D eigenvalue weighted by Crippen LogP contribution is 2.65. The summed E-state index contributed by atoms with van der Waals surface area (Å²) in [6, 6.07) is 0. The zero-order chi connectivity index (χ0) is 19.3. The van der Waals surface area contributed by atoms with Crippen LogP contribution in [0, 0.1) is 5.41 Å². The molecule has 3 heterocycles. The third-order valence-corrected chi connectivity index (χ3v) is 6.05. The summed E-state index contributed by atoms with van der Waals surface area (Å²) in [5.74, 6) is 0. The molecule has 1 aliphatic carbocycles. The van der Waals surface area contributed by atoms with E-state index in [0.29, 0.717) is 12.8 Å². The molecule has 3 saturated heterocycles. The third-order valence-electron chi connectivity index (χ3n) is 6.05. The maximum absolute atomic E-state index is 14.1. The van der Waals surface area contributed by atoms with Gasteiger partial charge in [0.2, 0.25) is 0 Å². The first kappa shape index (κ1) is 19.9. The highest BCUT2D eigenvalue weighted by Gasteiger charge is 2.82. The summed E-state index contributed by atoms with van der Waals surface area (Å²) >= 11 is 0. The van der Waals surface area contributed by atoms with E-state index in [1.807, 2.05) is 0 Å². The molecule has 1 unspecified atom stereocenters. The van der Waals surface area contributed by atoms with Crippen LogP contribution in [-0.2, 0) is 14.2 Å². The summed E-state index contributed by atoms with van der Waals surface area (Å²) in [5.41, 5.74) is -7.39. The first-order chi connectivity index (χ1) is 12.0. The van der Waals surface area contributed by atoms with Crippen molar-refractivity contribution in [3.63, 3.8) is 0 Å². The van der Waals surface area contributed by atoms with E-state index in [0.717, 1.165) is 0 Å². The lowest BCUT2D eigenvalue weighted by Gasteiger charge is -2.60. The minimum Gasteiger partial charge on any atom is -0.370 e. The Hall–Kier alpha value is -0.800. The summed E-state index contributed by atoms with van der Waals surface area (Å²) < 4.78 is 99.8. The van der Waals surface area contributed by atoms with E-state index in [1.165, 1.54) is 6.08 Å². The van der Waals surface area contributed by atoms with Gasteiger partial charge in [-0.2, -0.15) is 26.3 Å². The van der Waals surface area contributed by atoms with Gasteiger partial charge >= 0.3 is 12.4 Å². The molecule has 1 atom stereocenters. The van der Waals surface area contributed by atoms with Gasteiger partial charge in [0.05, 0.1) is 12.2 Å². The minimum absolute atomic E-state index is 0.00143. The zero-order valence-corrected chi connectivity index (χ0v) is 14.2. The average molecular weight is 388 g/mol. The largest absolute Gasteiger partial charge is 0.427 e. The molecule has 150 valence electrons. The molecule has 0 N–H and O–H groups in total. The quantitative estimate of drug-likeness (QED) is 0.506. The Bertz CT molecular complexity index is 497. The van der Waals surface area contributed by atoms with Crippen molar-refractivity contribution in [1.82, 2.24) is 0 Å². The number of ether oxygens (including phenoxy) is 3. The maximum Gasteiger partial charge on any atom is 0.427 e. The molecule has 0 amide bonds. The molecule has 0 aromatic carbocycles. The summed E-state index contributed by atoms with van der Waals surface area (Å²) in [4.78, 5) is 0. The van der Waals surface area contributed by atoms with E-state index in [1.54, 1.807) is 0 Å². The van der Waals surface area contributed by atoms with Gasteiger partial charge in [-0.3, -0.25) is 0 Å². The van der Waals surface area contributed by atoms with Crippen LogP contribution >= 0.6 is 0 Å². The second-order valence-electron chi connectivity index (χ2n) is 7.43. The molecule has 9 heteroatoms. The molecule has 0 radical (unpaired) electrons. The van der Waals surface area contributed by atoms with Crippen LogP contribution < -0.4 is 0 Å². The normalized spacial score (nSPS) is 36.2. The molecule has 0 aromatic rings. The molecule has 26 heavy (non-hydrogen) atoms. The second kappa shape index (κ2) is 6.38. The van der Waals surface area contributed by atoms with Crippen LogP contribution in [0.3, 0.4) is 0 Å². The summed E-state index contributed by atoms with van der Waals surface area (Å²) in [7, 11) is 0. The molecule has 0 spiro atoms. The fourth-order valence-corrected chi connectivity index (χ4v) is 4.46. The molecule has 4 aliphatic rings. The van der Waals surface area contributed by atoms with E-state index in [2.05, 4.69) is 6.58 Å². The van der Waals surface area contributed by atoms with E-state index >= 15 is 0 Å². The Morgan fingerprint density at radius 3 is 1.96 bits per heavy atom. The first-order valence-corrected chi connectivity index (χ1v) is 8.71. The molecule has 2 bridgehead atoms. The zero-order valence-electron chi connectivity index (χ0n) is 14.2. The van der Waals surface area contributed by atoms with Crippen LogP contribution in [0.15, 0.2) is 12.7 Å². The van der Waals surface area contributed by atoms with Gasteiger partial charge in [-0.15, -0.1) is 6.58 Å². The van der Waals surface area contributed by atoms with Crippen molar-refractivity contribution in [2.24, 2.45) is 5.41 Å². The first-order valence-electron chi connectivity index (χ1n) is 8.71. The molecule has 4 rings (SSSR count). The van der Waals surface area contributed by atoms with Crippen molar-refractivity contribution in [3.8, 4) is 0 Å². The van der Waals surface area contributed by atoms with Crippen molar-refractivity contribution in [2.75, 3.05) is 13.2 Å². The standard InChI is InChI=1S/C17H22F6O3/c1-2-14-8-6-13(7-9-14,11-25-14)15(16(18,19)20,17(21,22)23)26-12-5-3-4-10-24-12/h2,12H,1,3-11H2. The average Bonchev–Trinajstić information content (AvgIpc) is 2.60. The Morgan fingerprint density at radius 2 is 1.58 bits per heavy atom. The predicted molar refractivity (Wildman–Crippen MR) is 79.3 cm³/mol. The van der Waals surface area contributed by atoms with Crippen LogP contribution in [0.2, 0.25) is 0 Å². The van der Waals surface area contributed by atoms with Gasteiger partial charge in [0, 0.05) is 12.0 Å². The Balaban J connectivity index is 2.04. The van der Waals surface area contributed by atoms with E-state index in [4.69, 9.17) is 14.2 Å². The highest BCUT2D eigenvalue weighted by atomic mass is 19.4. The third kappa shape index (κ3) is 2.86. The molecular weight excluding hydrogens is 366 g/mol. The number of fused-ring (bicyclic) bond motifs is 3. The second-order valence-corrected chi connectivity index (χ2v) is 7.43. The van der Waals surface area contributed by atoms with Crippen LogP contribution in [0.5, 0.6) is 0 Å². The van der Waals surface area contributed by atoms with Gasteiger partial charge in [0.15, 0.2) is 6.29 Å². The van der Waals surface area contributed by atoms with Crippen LogP contribution in [0.4, 0.5) is 26.3 Å². The smallest absolute Gasteiger partial charge is 0.370 e. The van der Waals surface area contributed by atoms with Crippen molar-refractivity contribution in [1.29, 1.82) is 0 Å². The predicted octanol–water partition coefficient (Wildman–Crippen LogP) is 4.91. The lowest BCUT2D eigenvalue weighted by atomic mass is 9.57. The molecule has 1 saturated carbocycles. The summed E-state index contributed by atoms with van der Waals surface area (Å²) in [6.45, 7) is 3.01. The van der Waals surface area contributed by atoms with Gasteiger partial charge in [0.25, 0.3) is 5.60 Å². The molecule has 0 aromatic heterocycles. The summed E-state index contributed by atoms with van der Waals surface area (Å²) in [6.07, 6.45) is -10.8. The molecule has 3 aliphatic heterocycles. The van der Waals surface area contributed by atoms with Crippen molar-refractivity contribution in [3.05, 3.63) is 12.7 Å². The van der Waals surface area contributed by atoms with E-state index < -0.39 is 41.9 Å². The van der Waals surface area contributed by atoms with Gasteiger partial charge in [-0.1, -0.05) is 6.08 Å². The van der Waals surface area contributed by atoms with Crippen molar-refractivity contribution in [2.45, 2.75) is 74.8 Å². The minimum atomic E-state index is -5.65. The van der Waals surface area contributed by atoms with E-state index in [9.17, 15) is 26.3 Å². The summed E-state index contributed by atoms with van der Waals surface area (Å²) in [5, 5.41) is 0. The molecular formula is C17H22F6O3. The van der Waals surface area contributed by atoms with Crippen molar-refractivity contribution < 1.29 is 40.6 Å². The molecule has 4 fully saturated rings. The molecule has 3 nitrogen and oxygen atoms in total. The highest BCUT2D eigenvalue weighted by molar-refractivity contribution is 5.18. The van der Waals surface area contributed by atoms with Gasteiger partial charge in [0.1, 0.15) is 0 Å². The maximum atomic E-state index is 14.1. The van der Waals surface area contributed by atoms with Gasteiger partial charge in [-0.05, 0) is 44.9 Å². The number of hydrogen-bond donors (Lipinski definition) is 0. The van der Waals surface area contributed by atoms with Crippen LogP contribution in [-0.4, -0.2) is 43.1 Å². The Labute approximate surface area is 147 Å². The Kier molecular flexibility index (Phi) is 4.89. The topological polar surface area (TPSA) is 27.7 Å². The number of hydrogen-bond acceptors (Lipinski definition) is 3.